The van der Waals surface area contributed by atoms with Crippen molar-refractivity contribution in [3.8, 4) is 0 Å². The van der Waals surface area contributed by atoms with E-state index in [4.69, 9.17) is 4.98 Å². The fourth-order valence-corrected chi connectivity index (χ4v) is 5.62. The third-order valence-electron chi connectivity index (χ3n) is 7.82. The molecule has 43 heavy (non-hydrogen) atoms. The molecule has 14 heteroatoms. The van der Waals surface area contributed by atoms with Crippen LogP contribution in [0.2, 0.25) is 0 Å². The quantitative estimate of drug-likeness (QED) is 0.174. The molecule has 0 unspecified atom stereocenters. The molecule has 2 aliphatic rings. The van der Waals surface area contributed by atoms with Gasteiger partial charge in [0.15, 0.2) is 5.65 Å². The van der Waals surface area contributed by atoms with Gasteiger partial charge in [-0.1, -0.05) is 0 Å². The maximum absolute atomic E-state index is 13.6. The number of nitrogens with zero attached hydrogens (tertiary/aromatic N) is 6. The molecular formula is C29H28BrF6N7. The van der Waals surface area contributed by atoms with Gasteiger partial charge < -0.3 is 10.2 Å². The SMILES string of the molecule is CCn1ncc2cc(CN(Cc3cc(C(F)(F)F)cc(C(F)(F)F)c3)c3ncc(Br)cn3)c(NC(C3CC3)C3CC3)nc21. The molecule has 0 spiro atoms. The minimum Gasteiger partial charge on any atom is -0.366 e. The Morgan fingerprint density at radius 2 is 1.51 bits per heavy atom. The van der Waals surface area contributed by atoms with E-state index in [9.17, 15) is 26.3 Å². The highest BCUT2D eigenvalue weighted by atomic mass is 79.9. The van der Waals surface area contributed by atoms with Crippen LogP contribution in [0.5, 0.6) is 0 Å². The number of fused-ring (bicyclic) bond motifs is 1. The predicted octanol–water partition coefficient (Wildman–Crippen LogP) is 7.85. The van der Waals surface area contributed by atoms with E-state index in [-0.39, 0.29) is 36.7 Å². The van der Waals surface area contributed by atoms with Crippen molar-refractivity contribution in [3.63, 3.8) is 0 Å². The highest BCUT2D eigenvalue weighted by molar-refractivity contribution is 9.10. The average molecular weight is 668 g/mol. The van der Waals surface area contributed by atoms with Crippen LogP contribution >= 0.6 is 15.9 Å². The zero-order valence-electron chi connectivity index (χ0n) is 23.1. The van der Waals surface area contributed by atoms with Crippen molar-refractivity contribution in [1.82, 2.24) is 24.7 Å². The molecule has 228 valence electrons. The number of hydrogen-bond donors (Lipinski definition) is 1. The molecule has 6 rings (SSSR count). The van der Waals surface area contributed by atoms with E-state index < -0.39 is 23.5 Å². The van der Waals surface area contributed by atoms with Gasteiger partial charge in [0.1, 0.15) is 5.82 Å². The standard InChI is InChI=1S/C29H28BrF6N7/c1-2-43-26-19(11-39-43)9-20(25(41-26)40-24(17-3-4-17)18-5-6-18)15-42(27-37-12-23(30)13-38-27)14-16-7-21(28(31,32)33)10-22(8-16)29(34,35)36/h7-13,17-18,24H,2-6,14-15H2,1H3,(H,40,41). The Kier molecular flexibility index (Phi) is 7.76. The maximum atomic E-state index is 13.6. The third-order valence-corrected chi connectivity index (χ3v) is 8.23. The zero-order chi connectivity index (χ0) is 30.5. The minimum absolute atomic E-state index is 0.0733. The summed E-state index contributed by atoms with van der Waals surface area (Å²) in [6.45, 7) is 2.34. The lowest BCUT2D eigenvalue weighted by Crippen LogP contribution is -2.28. The van der Waals surface area contributed by atoms with Gasteiger partial charge in [-0.2, -0.15) is 31.4 Å². The molecule has 3 aromatic heterocycles. The number of anilines is 2. The summed E-state index contributed by atoms with van der Waals surface area (Å²) < 4.78 is 84.2. The summed E-state index contributed by atoms with van der Waals surface area (Å²) in [5.74, 6) is 1.86. The fourth-order valence-electron chi connectivity index (χ4n) is 5.42. The van der Waals surface area contributed by atoms with Gasteiger partial charge in [-0.05, 0) is 90.2 Å². The maximum Gasteiger partial charge on any atom is 0.416 e. The first-order valence-corrected chi connectivity index (χ1v) is 14.8. The summed E-state index contributed by atoms with van der Waals surface area (Å²) in [7, 11) is 0. The Bertz CT molecular complexity index is 1570. The molecule has 0 bridgehead atoms. The number of aromatic nitrogens is 5. The van der Waals surface area contributed by atoms with Crippen LogP contribution < -0.4 is 10.2 Å². The van der Waals surface area contributed by atoms with Gasteiger partial charge in [-0.3, -0.25) is 0 Å². The summed E-state index contributed by atoms with van der Waals surface area (Å²) >= 11 is 3.28. The van der Waals surface area contributed by atoms with Gasteiger partial charge in [0.2, 0.25) is 5.95 Å². The molecule has 3 heterocycles. The van der Waals surface area contributed by atoms with Crippen LogP contribution in [0.15, 0.2) is 47.3 Å². The molecule has 2 fully saturated rings. The second kappa shape index (κ2) is 11.3. The normalized spacial score (nSPS) is 15.8. The molecule has 0 amide bonds. The van der Waals surface area contributed by atoms with E-state index in [0.717, 1.165) is 43.2 Å². The topological polar surface area (TPSA) is 71.8 Å². The fraction of sp³-hybridized carbons (Fsp3) is 0.448. The van der Waals surface area contributed by atoms with Gasteiger partial charge in [0, 0.05) is 49.0 Å². The molecule has 2 saturated carbocycles. The molecule has 7 nitrogen and oxygen atoms in total. The van der Waals surface area contributed by atoms with Gasteiger partial charge in [-0.15, -0.1) is 0 Å². The van der Waals surface area contributed by atoms with E-state index in [2.05, 4.69) is 36.3 Å². The number of pyridine rings is 1. The van der Waals surface area contributed by atoms with Crippen molar-refractivity contribution in [2.24, 2.45) is 11.8 Å². The number of aryl methyl sites for hydroxylation is 1. The minimum atomic E-state index is -4.96. The Hall–Kier alpha value is -3.42. The molecule has 0 saturated heterocycles. The van der Waals surface area contributed by atoms with E-state index >= 15 is 0 Å². The molecule has 2 aliphatic carbocycles. The second-order valence-electron chi connectivity index (χ2n) is 11.2. The third kappa shape index (κ3) is 6.73. The largest absolute Gasteiger partial charge is 0.416 e. The average Bonchev–Trinajstić information content (AvgIpc) is 3.89. The summed E-state index contributed by atoms with van der Waals surface area (Å²) in [5, 5.41) is 8.86. The smallest absolute Gasteiger partial charge is 0.366 e. The number of hydrogen-bond acceptors (Lipinski definition) is 6. The van der Waals surface area contributed by atoms with Crippen molar-refractivity contribution in [2.45, 2.75) is 70.6 Å². The molecular weight excluding hydrogens is 640 g/mol. The highest BCUT2D eigenvalue weighted by Crippen LogP contribution is 2.46. The molecule has 4 aromatic rings. The Labute approximate surface area is 251 Å². The molecule has 1 N–H and O–H groups in total. The van der Waals surface area contributed by atoms with Crippen LogP contribution in [0.3, 0.4) is 0 Å². The van der Waals surface area contributed by atoms with Gasteiger partial charge in [-0.25, -0.2) is 19.6 Å². The molecule has 0 aliphatic heterocycles. The first-order valence-electron chi connectivity index (χ1n) is 14.0. The van der Waals surface area contributed by atoms with Gasteiger partial charge >= 0.3 is 12.4 Å². The first kappa shape index (κ1) is 29.6. The van der Waals surface area contributed by atoms with Gasteiger partial charge in [0.05, 0.1) is 21.8 Å². The van der Waals surface area contributed by atoms with Crippen molar-refractivity contribution < 1.29 is 26.3 Å². The van der Waals surface area contributed by atoms with Crippen LogP contribution in [0.1, 0.15) is 54.9 Å². The Morgan fingerprint density at radius 1 is 0.907 bits per heavy atom. The van der Waals surface area contributed by atoms with Crippen LogP contribution in [0, 0.1) is 11.8 Å². The van der Waals surface area contributed by atoms with Crippen molar-refractivity contribution in [3.05, 3.63) is 69.6 Å². The van der Waals surface area contributed by atoms with Crippen LogP contribution in [0.25, 0.3) is 11.0 Å². The second-order valence-corrected chi connectivity index (χ2v) is 12.1. The lowest BCUT2D eigenvalue weighted by molar-refractivity contribution is -0.143. The van der Waals surface area contributed by atoms with Crippen LogP contribution in [0.4, 0.5) is 38.1 Å². The number of halogens is 7. The summed E-state index contributed by atoms with van der Waals surface area (Å²) in [6.07, 6.45) is -0.731. The Morgan fingerprint density at radius 3 is 2.05 bits per heavy atom. The number of benzene rings is 1. The number of alkyl halides is 6. The lowest BCUT2D eigenvalue weighted by atomic mass is 10.0. The highest BCUT2D eigenvalue weighted by Gasteiger charge is 2.42. The van der Waals surface area contributed by atoms with E-state index in [0.29, 0.717) is 39.9 Å². The van der Waals surface area contributed by atoms with E-state index in [1.807, 2.05) is 13.0 Å². The number of rotatable bonds is 10. The van der Waals surface area contributed by atoms with E-state index in [1.165, 1.54) is 12.4 Å². The van der Waals surface area contributed by atoms with Crippen molar-refractivity contribution in [2.75, 3.05) is 10.2 Å². The van der Waals surface area contributed by atoms with Crippen molar-refractivity contribution >= 4 is 38.7 Å². The van der Waals surface area contributed by atoms with Crippen LogP contribution in [-0.2, 0) is 32.0 Å². The summed E-state index contributed by atoms with van der Waals surface area (Å²) in [4.78, 5) is 15.2. The van der Waals surface area contributed by atoms with Gasteiger partial charge in [0.25, 0.3) is 0 Å². The summed E-state index contributed by atoms with van der Waals surface area (Å²) in [5.41, 5.74) is -1.52. The number of nitrogens with one attached hydrogen (secondary N) is 1. The zero-order valence-corrected chi connectivity index (χ0v) is 24.6. The first-order chi connectivity index (χ1) is 20.4. The van der Waals surface area contributed by atoms with Crippen molar-refractivity contribution in [1.29, 1.82) is 0 Å². The Balaban J connectivity index is 1.42. The summed E-state index contributed by atoms with van der Waals surface area (Å²) in [6, 6.07) is 3.77. The molecule has 0 atom stereocenters. The lowest BCUT2D eigenvalue weighted by Gasteiger charge is -2.26. The van der Waals surface area contributed by atoms with E-state index in [1.54, 1.807) is 15.8 Å². The molecule has 1 aromatic carbocycles. The monoisotopic (exact) mass is 667 g/mol. The van der Waals surface area contributed by atoms with Crippen LogP contribution in [-0.4, -0.2) is 30.8 Å². The predicted molar refractivity (Wildman–Crippen MR) is 152 cm³/mol. The molecule has 0 radical (unpaired) electrons.